The van der Waals surface area contributed by atoms with Gasteiger partial charge in [-0.15, -0.1) is 0 Å². The van der Waals surface area contributed by atoms with Gasteiger partial charge in [-0.3, -0.25) is 0 Å². The van der Waals surface area contributed by atoms with Gasteiger partial charge in [0, 0.05) is 24.5 Å². The lowest BCUT2D eigenvalue weighted by Crippen LogP contribution is -2.06. The number of nitrogens with zero attached hydrogens (tertiary/aromatic N) is 2. The van der Waals surface area contributed by atoms with Crippen LogP contribution in [0.5, 0.6) is 11.8 Å². The number of nitrogens with one attached hydrogen (secondary N) is 1. The van der Waals surface area contributed by atoms with Gasteiger partial charge in [-0.05, 0) is 44.2 Å². The molecule has 0 atom stereocenters. The molecule has 94 valence electrons. The summed E-state index contributed by atoms with van der Waals surface area (Å²) in [5, 5.41) is 3.05. The van der Waals surface area contributed by atoms with Crippen LogP contribution in [-0.2, 0) is 6.54 Å². The van der Waals surface area contributed by atoms with E-state index in [1.54, 1.807) is 12.4 Å². The van der Waals surface area contributed by atoms with Crippen molar-refractivity contribution >= 4 is 0 Å². The summed E-state index contributed by atoms with van der Waals surface area (Å²) in [4.78, 5) is 8.34. The van der Waals surface area contributed by atoms with Crippen molar-refractivity contribution in [2.75, 3.05) is 7.05 Å². The number of aromatic nitrogens is 2. The van der Waals surface area contributed by atoms with E-state index < -0.39 is 0 Å². The zero-order valence-corrected chi connectivity index (χ0v) is 10.9. The zero-order valence-electron chi connectivity index (χ0n) is 10.9. The monoisotopic (exact) mass is 243 g/mol. The second-order valence-corrected chi connectivity index (χ2v) is 4.25. The van der Waals surface area contributed by atoms with Crippen molar-refractivity contribution in [1.29, 1.82) is 0 Å². The first-order chi connectivity index (χ1) is 8.69. The average molecular weight is 243 g/mol. The molecule has 0 radical (unpaired) electrons. The summed E-state index contributed by atoms with van der Waals surface area (Å²) in [6.07, 6.45) is 3.53. The smallest absolute Gasteiger partial charge is 0.321 e. The van der Waals surface area contributed by atoms with E-state index in [9.17, 15) is 0 Å². The number of aryl methyl sites for hydroxylation is 2. The van der Waals surface area contributed by atoms with E-state index in [1.165, 1.54) is 11.1 Å². The Balaban J connectivity index is 2.10. The fraction of sp³-hybridized carbons (Fsp3) is 0.286. The highest BCUT2D eigenvalue weighted by atomic mass is 16.5. The van der Waals surface area contributed by atoms with Crippen LogP contribution in [0.4, 0.5) is 0 Å². The Kier molecular flexibility index (Phi) is 3.89. The van der Waals surface area contributed by atoms with Crippen molar-refractivity contribution in [2.24, 2.45) is 0 Å². The molecule has 0 fully saturated rings. The fourth-order valence-electron chi connectivity index (χ4n) is 1.57. The molecule has 1 aromatic carbocycles. The Morgan fingerprint density at radius 3 is 2.44 bits per heavy atom. The molecule has 1 heterocycles. The van der Waals surface area contributed by atoms with Gasteiger partial charge in [0.15, 0.2) is 0 Å². The van der Waals surface area contributed by atoms with Gasteiger partial charge < -0.3 is 10.1 Å². The molecule has 0 unspecified atom stereocenters. The van der Waals surface area contributed by atoms with Crippen molar-refractivity contribution in [3.63, 3.8) is 0 Å². The Bertz CT molecular complexity index is 523. The van der Waals surface area contributed by atoms with Crippen molar-refractivity contribution in [3.8, 4) is 11.8 Å². The summed E-state index contributed by atoms with van der Waals surface area (Å²) >= 11 is 0. The molecule has 0 saturated heterocycles. The first kappa shape index (κ1) is 12.5. The Morgan fingerprint density at radius 1 is 1.11 bits per heavy atom. The van der Waals surface area contributed by atoms with Gasteiger partial charge in [-0.1, -0.05) is 6.07 Å². The first-order valence-electron chi connectivity index (χ1n) is 5.89. The number of ether oxygens (including phenoxy) is 1. The van der Waals surface area contributed by atoms with Crippen molar-refractivity contribution in [3.05, 3.63) is 47.3 Å². The maximum Gasteiger partial charge on any atom is 0.321 e. The molecule has 0 aliphatic heterocycles. The number of rotatable bonds is 4. The molecule has 0 saturated carbocycles. The number of hydrogen-bond donors (Lipinski definition) is 1. The predicted octanol–water partition coefficient (Wildman–Crippen LogP) is 2.61. The summed E-state index contributed by atoms with van der Waals surface area (Å²) in [6, 6.07) is 6.31. The van der Waals surface area contributed by atoms with Gasteiger partial charge in [0.2, 0.25) is 0 Å². The van der Waals surface area contributed by atoms with Gasteiger partial charge in [-0.25, -0.2) is 9.97 Å². The standard InChI is InChI=1S/C14H17N3O/c1-10-4-5-13(6-11(10)2)18-14-16-8-12(7-15-3)9-17-14/h4-6,8-9,15H,7H2,1-3H3. The van der Waals surface area contributed by atoms with Crippen LogP contribution in [-0.4, -0.2) is 17.0 Å². The molecular formula is C14H17N3O. The second-order valence-electron chi connectivity index (χ2n) is 4.25. The molecule has 0 aliphatic rings. The van der Waals surface area contributed by atoms with Crippen LogP contribution in [0.2, 0.25) is 0 Å². The summed E-state index contributed by atoms with van der Waals surface area (Å²) in [6.45, 7) is 4.88. The largest absolute Gasteiger partial charge is 0.424 e. The molecule has 0 bridgehead atoms. The molecule has 2 rings (SSSR count). The topological polar surface area (TPSA) is 47.0 Å². The Labute approximate surface area is 107 Å². The molecule has 0 aliphatic carbocycles. The Morgan fingerprint density at radius 2 is 1.83 bits per heavy atom. The lowest BCUT2D eigenvalue weighted by atomic mass is 10.1. The lowest BCUT2D eigenvalue weighted by molar-refractivity contribution is 0.440. The van der Waals surface area contributed by atoms with Crippen LogP contribution in [0.15, 0.2) is 30.6 Å². The molecule has 18 heavy (non-hydrogen) atoms. The highest BCUT2D eigenvalue weighted by Crippen LogP contribution is 2.20. The first-order valence-corrected chi connectivity index (χ1v) is 5.89. The zero-order chi connectivity index (χ0) is 13.0. The molecular weight excluding hydrogens is 226 g/mol. The second kappa shape index (κ2) is 5.60. The number of hydrogen-bond acceptors (Lipinski definition) is 4. The highest BCUT2D eigenvalue weighted by molar-refractivity contribution is 5.35. The highest BCUT2D eigenvalue weighted by Gasteiger charge is 2.02. The van der Waals surface area contributed by atoms with Crippen LogP contribution in [0, 0.1) is 13.8 Å². The van der Waals surface area contributed by atoms with Crippen LogP contribution in [0.3, 0.4) is 0 Å². The minimum Gasteiger partial charge on any atom is -0.424 e. The molecule has 4 nitrogen and oxygen atoms in total. The molecule has 1 N–H and O–H groups in total. The van der Waals surface area contributed by atoms with Crippen molar-refractivity contribution in [1.82, 2.24) is 15.3 Å². The van der Waals surface area contributed by atoms with E-state index in [0.717, 1.165) is 17.9 Å². The van der Waals surface area contributed by atoms with Crippen LogP contribution in [0.25, 0.3) is 0 Å². The summed E-state index contributed by atoms with van der Waals surface area (Å²) in [7, 11) is 1.89. The third-order valence-corrected chi connectivity index (χ3v) is 2.75. The van der Waals surface area contributed by atoms with Crippen molar-refractivity contribution < 1.29 is 4.74 Å². The van der Waals surface area contributed by atoms with Gasteiger partial charge in [0.05, 0.1) is 0 Å². The SMILES string of the molecule is CNCc1cnc(Oc2ccc(C)c(C)c2)nc1. The molecule has 4 heteroatoms. The molecule has 2 aromatic rings. The Hall–Kier alpha value is -1.94. The third-order valence-electron chi connectivity index (χ3n) is 2.75. The quantitative estimate of drug-likeness (QED) is 0.896. The summed E-state index contributed by atoms with van der Waals surface area (Å²) in [5.74, 6) is 0.763. The minimum atomic E-state index is 0.373. The lowest BCUT2D eigenvalue weighted by Gasteiger charge is -2.06. The third kappa shape index (κ3) is 3.05. The maximum atomic E-state index is 5.60. The molecule has 0 spiro atoms. The van der Waals surface area contributed by atoms with E-state index in [4.69, 9.17) is 4.74 Å². The van der Waals surface area contributed by atoms with Crippen LogP contribution >= 0.6 is 0 Å². The van der Waals surface area contributed by atoms with Crippen LogP contribution in [0.1, 0.15) is 16.7 Å². The average Bonchev–Trinajstić information content (AvgIpc) is 2.37. The summed E-state index contributed by atoms with van der Waals surface area (Å²) < 4.78 is 5.60. The fourth-order valence-corrected chi connectivity index (χ4v) is 1.57. The van der Waals surface area contributed by atoms with E-state index in [-0.39, 0.29) is 0 Å². The maximum absolute atomic E-state index is 5.60. The van der Waals surface area contributed by atoms with Gasteiger partial charge in [0.25, 0.3) is 0 Å². The van der Waals surface area contributed by atoms with Gasteiger partial charge in [-0.2, -0.15) is 0 Å². The van der Waals surface area contributed by atoms with Crippen molar-refractivity contribution in [2.45, 2.75) is 20.4 Å². The van der Waals surface area contributed by atoms with Gasteiger partial charge >= 0.3 is 6.01 Å². The van der Waals surface area contributed by atoms with Gasteiger partial charge in [0.1, 0.15) is 5.75 Å². The van der Waals surface area contributed by atoms with E-state index in [0.29, 0.717) is 6.01 Å². The van der Waals surface area contributed by atoms with E-state index in [1.807, 2.05) is 25.2 Å². The predicted molar refractivity (Wildman–Crippen MR) is 70.8 cm³/mol. The molecule has 0 amide bonds. The van der Waals surface area contributed by atoms with E-state index in [2.05, 4.69) is 29.1 Å². The number of benzene rings is 1. The van der Waals surface area contributed by atoms with E-state index >= 15 is 0 Å². The minimum absolute atomic E-state index is 0.373. The van der Waals surface area contributed by atoms with Crippen LogP contribution < -0.4 is 10.1 Å². The normalized spacial score (nSPS) is 10.4. The summed E-state index contributed by atoms with van der Waals surface area (Å²) in [5.41, 5.74) is 3.47. The molecule has 1 aromatic heterocycles.